The lowest BCUT2D eigenvalue weighted by atomic mass is 10.1. The molecule has 1 aromatic carbocycles. The molecule has 0 atom stereocenters. The van der Waals surface area contributed by atoms with Crippen LogP contribution in [-0.2, 0) is 0 Å². The number of nitrogens with zero attached hydrogens (tertiary/aromatic N) is 3. The molecule has 2 N–H and O–H groups in total. The predicted octanol–water partition coefficient (Wildman–Crippen LogP) is 2.28. The topological polar surface area (TPSA) is 62.5 Å². The molecule has 1 fully saturated rings. The summed E-state index contributed by atoms with van der Waals surface area (Å²) in [4.78, 5) is 20.5. The lowest BCUT2D eigenvalue weighted by Crippen LogP contribution is -2.48. The highest BCUT2D eigenvalue weighted by molar-refractivity contribution is 6.30. The molecule has 0 bridgehead atoms. The zero-order chi connectivity index (χ0) is 15.5. The molecule has 1 aliphatic rings. The molecule has 0 aliphatic carbocycles. The molecular formula is C16H17ClN4O. The van der Waals surface area contributed by atoms with Gasteiger partial charge in [0.2, 0.25) is 0 Å². The van der Waals surface area contributed by atoms with Crippen molar-refractivity contribution in [2.45, 2.75) is 0 Å². The number of nitrogens with two attached hydrogens (primary N) is 1. The first-order chi connectivity index (χ1) is 10.6. The van der Waals surface area contributed by atoms with Gasteiger partial charge in [-0.05, 0) is 24.3 Å². The fraction of sp³-hybridized carbons (Fsp3) is 0.250. The Bertz CT molecular complexity index is 683. The van der Waals surface area contributed by atoms with Gasteiger partial charge < -0.3 is 15.5 Å². The largest absolute Gasteiger partial charge is 0.397 e. The van der Waals surface area contributed by atoms with Crippen LogP contribution >= 0.6 is 11.6 Å². The van der Waals surface area contributed by atoms with Gasteiger partial charge in [-0.2, -0.15) is 0 Å². The molecule has 1 aliphatic heterocycles. The summed E-state index contributed by atoms with van der Waals surface area (Å²) < 4.78 is 0. The van der Waals surface area contributed by atoms with Crippen LogP contribution in [0.2, 0.25) is 5.02 Å². The Morgan fingerprint density at radius 3 is 2.64 bits per heavy atom. The van der Waals surface area contributed by atoms with E-state index in [-0.39, 0.29) is 5.91 Å². The van der Waals surface area contributed by atoms with Crippen LogP contribution in [0.25, 0.3) is 0 Å². The number of hydrogen-bond donors (Lipinski definition) is 1. The number of pyridine rings is 1. The minimum absolute atomic E-state index is 0.0364. The number of nitrogen functional groups attached to an aromatic ring is 1. The zero-order valence-electron chi connectivity index (χ0n) is 12.1. The molecular weight excluding hydrogens is 300 g/mol. The molecule has 5 nitrogen and oxygen atoms in total. The average Bonchev–Trinajstić information content (AvgIpc) is 2.55. The third-order valence-electron chi connectivity index (χ3n) is 3.82. The molecule has 0 radical (unpaired) electrons. The minimum atomic E-state index is -0.0364. The van der Waals surface area contributed by atoms with E-state index in [2.05, 4.69) is 9.88 Å². The van der Waals surface area contributed by atoms with Crippen molar-refractivity contribution < 1.29 is 4.79 Å². The zero-order valence-corrected chi connectivity index (χ0v) is 12.8. The van der Waals surface area contributed by atoms with Crippen molar-refractivity contribution >= 4 is 28.9 Å². The van der Waals surface area contributed by atoms with Crippen molar-refractivity contribution in [1.82, 2.24) is 9.88 Å². The number of rotatable bonds is 2. The van der Waals surface area contributed by atoms with Gasteiger partial charge in [0.1, 0.15) is 0 Å². The Hall–Kier alpha value is -2.27. The molecule has 22 heavy (non-hydrogen) atoms. The maximum atomic E-state index is 12.5. The predicted molar refractivity (Wildman–Crippen MR) is 88.2 cm³/mol. The second-order valence-corrected chi connectivity index (χ2v) is 5.66. The molecule has 0 saturated carbocycles. The fourth-order valence-electron chi connectivity index (χ4n) is 2.61. The van der Waals surface area contributed by atoms with Gasteiger partial charge in [0.05, 0.1) is 17.4 Å². The van der Waals surface area contributed by atoms with E-state index in [4.69, 9.17) is 17.3 Å². The van der Waals surface area contributed by atoms with Gasteiger partial charge >= 0.3 is 0 Å². The maximum Gasteiger partial charge on any atom is 0.256 e. The number of amides is 1. The highest BCUT2D eigenvalue weighted by atomic mass is 35.5. The number of piperazine rings is 1. The van der Waals surface area contributed by atoms with Crippen LogP contribution in [0.1, 0.15) is 10.4 Å². The van der Waals surface area contributed by atoms with Crippen LogP contribution in [0.4, 0.5) is 11.4 Å². The summed E-state index contributed by atoms with van der Waals surface area (Å²) in [6, 6.07) is 9.44. The molecule has 2 aromatic rings. The van der Waals surface area contributed by atoms with E-state index in [1.54, 1.807) is 12.3 Å². The van der Waals surface area contributed by atoms with Crippen LogP contribution in [0, 0.1) is 0 Å². The first-order valence-corrected chi connectivity index (χ1v) is 7.52. The highest BCUT2D eigenvalue weighted by Crippen LogP contribution is 2.21. The fourth-order valence-corrected chi connectivity index (χ4v) is 2.80. The molecule has 0 unspecified atom stereocenters. The van der Waals surface area contributed by atoms with E-state index < -0.39 is 0 Å². The number of anilines is 2. The summed E-state index contributed by atoms with van der Waals surface area (Å²) in [6.45, 7) is 2.87. The third-order valence-corrected chi connectivity index (χ3v) is 4.06. The molecule has 1 aromatic heterocycles. The van der Waals surface area contributed by atoms with Crippen LogP contribution in [-0.4, -0.2) is 42.0 Å². The maximum absolute atomic E-state index is 12.5. The van der Waals surface area contributed by atoms with Gasteiger partial charge in [0.25, 0.3) is 5.91 Å². The summed E-state index contributed by atoms with van der Waals surface area (Å²) in [5.41, 5.74) is 7.85. The van der Waals surface area contributed by atoms with E-state index >= 15 is 0 Å². The Labute approximate surface area is 134 Å². The van der Waals surface area contributed by atoms with Gasteiger partial charge in [-0.3, -0.25) is 9.78 Å². The standard InChI is InChI=1S/C16H17ClN4O/c17-12-2-1-3-13(10-12)20-6-8-21(9-7-20)16(22)14-4-5-19-11-15(14)18/h1-5,10-11H,6-9,18H2. The van der Waals surface area contributed by atoms with Gasteiger partial charge in [-0.25, -0.2) is 0 Å². The summed E-state index contributed by atoms with van der Waals surface area (Å²) in [6.07, 6.45) is 3.10. The Kier molecular flexibility index (Phi) is 4.15. The van der Waals surface area contributed by atoms with Crippen molar-refractivity contribution in [3.8, 4) is 0 Å². The Morgan fingerprint density at radius 2 is 1.95 bits per heavy atom. The van der Waals surface area contributed by atoms with Crippen molar-refractivity contribution in [2.75, 3.05) is 36.8 Å². The van der Waals surface area contributed by atoms with Gasteiger partial charge in [-0.15, -0.1) is 0 Å². The second kappa shape index (κ2) is 6.23. The van der Waals surface area contributed by atoms with E-state index in [1.165, 1.54) is 6.20 Å². The first-order valence-electron chi connectivity index (χ1n) is 7.14. The molecule has 3 rings (SSSR count). The number of carbonyl (C=O) groups is 1. The monoisotopic (exact) mass is 316 g/mol. The Balaban J connectivity index is 1.67. The SMILES string of the molecule is Nc1cnccc1C(=O)N1CCN(c2cccc(Cl)c2)CC1. The van der Waals surface area contributed by atoms with Crippen molar-refractivity contribution in [3.05, 3.63) is 53.3 Å². The lowest BCUT2D eigenvalue weighted by molar-refractivity contribution is 0.0747. The average molecular weight is 317 g/mol. The number of hydrogen-bond acceptors (Lipinski definition) is 4. The van der Waals surface area contributed by atoms with Crippen LogP contribution in [0.3, 0.4) is 0 Å². The van der Waals surface area contributed by atoms with E-state index in [0.717, 1.165) is 23.8 Å². The second-order valence-electron chi connectivity index (χ2n) is 5.22. The van der Waals surface area contributed by atoms with Gasteiger partial charge in [0.15, 0.2) is 0 Å². The molecule has 6 heteroatoms. The number of carbonyl (C=O) groups excluding carboxylic acids is 1. The number of halogens is 1. The Morgan fingerprint density at radius 1 is 1.18 bits per heavy atom. The van der Waals surface area contributed by atoms with Crippen molar-refractivity contribution in [3.63, 3.8) is 0 Å². The molecule has 0 spiro atoms. The molecule has 114 valence electrons. The molecule has 1 saturated heterocycles. The minimum Gasteiger partial charge on any atom is -0.397 e. The summed E-state index contributed by atoms with van der Waals surface area (Å²) >= 11 is 6.03. The third kappa shape index (κ3) is 2.99. The summed E-state index contributed by atoms with van der Waals surface area (Å²) in [7, 11) is 0. The van der Waals surface area contributed by atoms with Crippen molar-refractivity contribution in [1.29, 1.82) is 0 Å². The highest BCUT2D eigenvalue weighted by Gasteiger charge is 2.23. The van der Waals surface area contributed by atoms with Gasteiger partial charge in [-0.1, -0.05) is 17.7 Å². The van der Waals surface area contributed by atoms with Crippen molar-refractivity contribution in [2.24, 2.45) is 0 Å². The van der Waals surface area contributed by atoms with Crippen LogP contribution in [0.15, 0.2) is 42.7 Å². The van der Waals surface area contributed by atoms with E-state index in [9.17, 15) is 4.79 Å². The lowest BCUT2D eigenvalue weighted by Gasteiger charge is -2.36. The number of benzene rings is 1. The quantitative estimate of drug-likeness (QED) is 0.923. The molecule has 1 amide bonds. The van der Waals surface area contributed by atoms with Crippen LogP contribution in [0.5, 0.6) is 0 Å². The number of aromatic nitrogens is 1. The summed E-state index contributed by atoms with van der Waals surface area (Å²) in [5.74, 6) is -0.0364. The smallest absolute Gasteiger partial charge is 0.256 e. The molecule has 2 heterocycles. The normalized spacial score (nSPS) is 15.0. The van der Waals surface area contributed by atoms with E-state index in [0.29, 0.717) is 24.3 Å². The van der Waals surface area contributed by atoms with Crippen LogP contribution < -0.4 is 10.6 Å². The van der Waals surface area contributed by atoms with E-state index in [1.807, 2.05) is 29.2 Å². The summed E-state index contributed by atoms with van der Waals surface area (Å²) in [5, 5.41) is 0.723. The first kappa shape index (κ1) is 14.7. The van der Waals surface area contributed by atoms with Gasteiger partial charge in [0, 0.05) is 43.1 Å².